The molecular formula is C12H22N6. The van der Waals surface area contributed by atoms with Gasteiger partial charge < -0.3 is 15.2 Å². The fourth-order valence-electron chi connectivity index (χ4n) is 2.50. The van der Waals surface area contributed by atoms with Gasteiger partial charge in [-0.05, 0) is 39.9 Å². The Morgan fingerprint density at radius 3 is 2.67 bits per heavy atom. The van der Waals surface area contributed by atoms with Crippen LogP contribution >= 0.6 is 0 Å². The summed E-state index contributed by atoms with van der Waals surface area (Å²) in [6.45, 7) is 4.28. The number of anilines is 2. The Bertz CT molecular complexity index is 400. The Balaban J connectivity index is 2.15. The molecule has 1 aromatic heterocycles. The van der Waals surface area contributed by atoms with E-state index in [0.29, 0.717) is 11.9 Å². The molecule has 0 spiro atoms. The molecule has 1 aliphatic heterocycles. The predicted octanol–water partition coefficient (Wildman–Crippen LogP) is 0.601. The van der Waals surface area contributed by atoms with Gasteiger partial charge in [0.2, 0.25) is 0 Å². The summed E-state index contributed by atoms with van der Waals surface area (Å²) < 4.78 is 0. The number of nitrogens with zero attached hydrogens (tertiary/aromatic N) is 4. The molecule has 6 nitrogen and oxygen atoms in total. The quantitative estimate of drug-likeness (QED) is 0.605. The minimum Gasteiger partial charge on any atom is -0.356 e. The van der Waals surface area contributed by atoms with Gasteiger partial charge in [0.25, 0.3) is 0 Å². The van der Waals surface area contributed by atoms with Crippen LogP contribution in [0.3, 0.4) is 0 Å². The SMILES string of the molecule is Cc1c(NN)ncnc1N(C)C1CCN(C)CC1. The highest BCUT2D eigenvalue weighted by Crippen LogP contribution is 2.25. The molecule has 2 heterocycles. The molecule has 2 rings (SSSR count). The first-order valence-electron chi connectivity index (χ1n) is 6.33. The van der Waals surface area contributed by atoms with Gasteiger partial charge in [-0.1, -0.05) is 0 Å². The molecule has 18 heavy (non-hydrogen) atoms. The molecule has 1 fully saturated rings. The average molecular weight is 250 g/mol. The van der Waals surface area contributed by atoms with Gasteiger partial charge in [0.1, 0.15) is 18.0 Å². The first kappa shape index (κ1) is 13.0. The standard InChI is InChI=1S/C12H22N6/c1-9-11(16-13)14-8-15-12(9)18(3)10-4-6-17(2)7-5-10/h8,10H,4-7,13H2,1-3H3,(H,14,15,16). The van der Waals surface area contributed by atoms with Crippen LogP contribution in [0, 0.1) is 6.92 Å². The Kier molecular flexibility index (Phi) is 3.98. The summed E-state index contributed by atoms with van der Waals surface area (Å²) in [4.78, 5) is 13.1. The predicted molar refractivity (Wildman–Crippen MR) is 73.5 cm³/mol. The fraction of sp³-hybridized carbons (Fsp3) is 0.667. The first-order valence-corrected chi connectivity index (χ1v) is 6.33. The van der Waals surface area contributed by atoms with Crippen LogP contribution in [0.15, 0.2) is 6.33 Å². The van der Waals surface area contributed by atoms with E-state index in [1.165, 1.54) is 12.8 Å². The lowest BCUT2D eigenvalue weighted by atomic mass is 10.0. The van der Waals surface area contributed by atoms with Crippen molar-refractivity contribution in [2.24, 2.45) is 5.84 Å². The summed E-state index contributed by atoms with van der Waals surface area (Å²) in [7, 11) is 4.27. The van der Waals surface area contributed by atoms with Gasteiger partial charge in [0.05, 0.1) is 0 Å². The van der Waals surface area contributed by atoms with Gasteiger partial charge in [-0.25, -0.2) is 15.8 Å². The number of rotatable bonds is 3. The molecule has 0 aromatic carbocycles. The van der Waals surface area contributed by atoms with Crippen LogP contribution in [-0.4, -0.2) is 48.1 Å². The second-order valence-electron chi connectivity index (χ2n) is 4.96. The van der Waals surface area contributed by atoms with Crippen LogP contribution in [0.5, 0.6) is 0 Å². The Morgan fingerprint density at radius 2 is 2.06 bits per heavy atom. The highest BCUT2D eigenvalue weighted by molar-refractivity contribution is 5.57. The van der Waals surface area contributed by atoms with Gasteiger partial charge in [-0.2, -0.15) is 0 Å². The largest absolute Gasteiger partial charge is 0.356 e. The minimum absolute atomic E-state index is 0.542. The van der Waals surface area contributed by atoms with Crippen LogP contribution in [0.4, 0.5) is 11.6 Å². The van der Waals surface area contributed by atoms with E-state index in [-0.39, 0.29) is 0 Å². The van der Waals surface area contributed by atoms with Crippen LogP contribution in [0.25, 0.3) is 0 Å². The summed E-state index contributed by atoms with van der Waals surface area (Å²) in [5, 5.41) is 0. The van der Waals surface area contributed by atoms with E-state index < -0.39 is 0 Å². The molecule has 0 unspecified atom stereocenters. The van der Waals surface area contributed by atoms with E-state index in [9.17, 15) is 0 Å². The van der Waals surface area contributed by atoms with Gasteiger partial charge in [0, 0.05) is 18.7 Å². The van der Waals surface area contributed by atoms with Crippen molar-refractivity contribution < 1.29 is 0 Å². The molecule has 1 saturated heterocycles. The number of aromatic nitrogens is 2. The molecule has 1 aromatic rings. The van der Waals surface area contributed by atoms with Gasteiger partial charge in [-0.3, -0.25) is 0 Å². The topological polar surface area (TPSA) is 70.3 Å². The lowest BCUT2D eigenvalue weighted by Gasteiger charge is -2.36. The second kappa shape index (κ2) is 5.49. The molecule has 0 amide bonds. The third-order valence-corrected chi connectivity index (χ3v) is 3.76. The summed E-state index contributed by atoms with van der Waals surface area (Å²) in [6.07, 6.45) is 3.90. The summed E-state index contributed by atoms with van der Waals surface area (Å²) >= 11 is 0. The monoisotopic (exact) mass is 250 g/mol. The number of hydrazine groups is 1. The maximum absolute atomic E-state index is 5.45. The molecule has 0 saturated carbocycles. The molecule has 0 radical (unpaired) electrons. The highest BCUT2D eigenvalue weighted by Gasteiger charge is 2.23. The van der Waals surface area contributed by atoms with Gasteiger partial charge >= 0.3 is 0 Å². The van der Waals surface area contributed by atoms with Crippen LogP contribution in [0.1, 0.15) is 18.4 Å². The molecule has 3 N–H and O–H groups in total. The maximum Gasteiger partial charge on any atom is 0.148 e. The smallest absolute Gasteiger partial charge is 0.148 e. The van der Waals surface area contributed by atoms with E-state index in [0.717, 1.165) is 24.5 Å². The number of piperidine rings is 1. The molecule has 0 aliphatic carbocycles. The molecular weight excluding hydrogens is 228 g/mol. The van der Waals surface area contributed by atoms with E-state index in [4.69, 9.17) is 5.84 Å². The van der Waals surface area contributed by atoms with E-state index >= 15 is 0 Å². The summed E-state index contributed by atoms with van der Waals surface area (Å²) in [5.74, 6) is 7.11. The minimum atomic E-state index is 0.542. The van der Waals surface area contributed by atoms with Gasteiger partial charge in [0.15, 0.2) is 0 Å². The zero-order valence-corrected chi connectivity index (χ0v) is 11.3. The zero-order chi connectivity index (χ0) is 13.1. The zero-order valence-electron chi connectivity index (χ0n) is 11.3. The van der Waals surface area contributed by atoms with Crippen molar-refractivity contribution in [1.82, 2.24) is 14.9 Å². The number of nitrogens with one attached hydrogen (secondary N) is 1. The Hall–Kier alpha value is -1.40. The second-order valence-corrected chi connectivity index (χ2v) is 4.96. The highest BCUT2D eigenvalue weighted by atomic mass is 15.3. The van der Waals surface area contributed by atoms with Crippen molar-refractivity contribution in [1.29, 1.82) is 0 Å². The van der Waals surface area contributed by atoms with Crippen LogP contribution in [0.2, 0.25) is 0 Å². The fourth-order valence-corrected chi connectivity index (χ4v) is 2.50. The third-order valence-electron chi connectivity index (χ3n) is 3.76. The lowest BCUT2D eigenvalue weighted by Crippen LogP contribution is -2.42. The summed E-state index contributed by atoms with van der Waals surface area (Å²) in [5.41, 5.74) is 3.62. The maximum atomic E-state index is 5.45. The third kappa shape index (κ3) is 2.54. The van der Waals surface area contributed by atoms with Crippen molar-refractivity contribution >= 4 is 11.6 Å². The number of nitrogens with two attached hydrogens (primary N) is 1. The van der Waals surface area contributed by atoms with E-state index in [1.54, 1.807) is 6.33 Å². The van der Waals surface area contributed by atoms with Crippen molar-refractivity contribution in [2.75, 3.05) is 37.5 Å². The molecule has 0 bridgehead atoms. The van der Waals surface area contributed by atoms with Crippen molar-refractivity contribution in [3.05, 3.63) is 11.9 Å². The molecule has 1 aliphatic rings. The Morgan fingerprint density at radius 1 is 1.39 bits per heavy atom. The molecule has 0 atom stereocenters. The number of hydrogen-bond donors (Lipinski definition) is 2. The average Bonchev–Trinajstić information content (AvgIpc) is 2.39. The van der Waals surface area contributed by atoms with Crippen LogP contribution in [-0.2, 0) is 0 Å². The van der Waals surface area contributed by atoms with Crippen molar-refractivity contribution in [3.8, 4) is 0 Å². The van der Waals surface area contributed by atoms with E-state index in [1.807, 2.05) is 6.92 Å². The lowest BCUT2D eigenvalue weighted by molar-refractivity contribution is 0.252. The first-order chi connectivity index (χ1) is 8.63. The van der Waals surface area contributed by atoms with Crippen molar-refractivity contribution in [3.63, 3.8) is 0 Å². The number of hydrogen-bond acceptors (Lipinski definition) is 6. The molecule has 100 valence electrons. The molecule has 6 heteroatoms. The number of nitrogen functional groups attached to an aromatic ring is 1. The Labute approximate surface area is 108 Å². The number of likely N-dealkylation sites (tertiary alicyclic amines) is 1. The van der Waals surface area contributed by atoms with Gasteiger partial charge in [-0.15, -0.1) is 0 Å². The normalized spacial score (nSPS) is 17.8. The van der Waals surface area contributed by atoms with Crippen LogP contribution < -0.4 is 16.2 Å². The van der Waals surface area contributed by atoms with E-state index in [2.05, 4.69) is 39.3 Å². The van der Waals surface area contributed by atoms with Crippen molar-refractivity contribution in [2.45, 2.75) is 25.8 Å². The summed E-state index contributed by atoms with van der Waals surface area (Å²) in [6, 6.07) is 0.542.